The number of hydrogen-bond donors (Lipinski definition) is 1. The normalized spacial score (nSPS) is 12.1. The summed E-state index contributed by atoms with van der Waals surface area (Å²) in [4.78, 5) is 0. The molecule has 0 amide bonds. The highest BCUT2D eigenvalue weighted by Gasteiger charge is 2.06. The van der Waals surface area contributed by atoms with Crippen LogP contribution in [0.3, 0.4) is 0 Å². The van der Waals surface area contributed by atoms with E-state index in [4.69, 9.17) is 10.5 Å². The molecule has 0 aromatic heterocycles. The monoisotopic (exact) mass is 255 g/mol. The second kappa shape index (κ2) is 6.95. The zero-order valence-corrected chi connectivity index (χ0v) is 11.4. The minimum atomic E-state index is 0.0965. The number of para-hydroxylation sites is 1. The van der Waals surface area contributed by atoms with E-state index in [0.29, 0.717) is 0 Å². The van der Waals surface area contributed by atoms with Gasteiger partial charge in [-0.15, -0.1) is 0 Å². The van der Waals surface area contributed by atoms with Gasteiger partial charge in [0.1, 0.15) is 11.5 Å². The van der Waals surface area contributed by atoms with Gasteiger partial charge in [-0.2, -0.15) is 0 Å². The van der Waals surface area contributed by atoms with E-state index < -0.39 is 0 Å². The highest BCUT2D eigenvalue weighted by molar-refractivity contribution is 5.34. The Balaban J connectivity index is 2.06. The quantitative estimate of drug-likeness (QED) is 0.814. The summed E-state index contributed by atoms with van der Waals surface area (Å²) in [6.45, 7) is 2.18. The Morgan fingerprint density at radius 2 is 1.74 bits per heavy atom. The molecule has 2 nitrogen and oxygen atoms in total. The van der Waals surface area contributed by atoms with Crippen LogP contribution in [-0.4, -0.2) is 0 Å². The Labute approximate surface area is 115 Å². The third-order valence-electron chi connectivity index (χ3n) is 3.13. The molecule has 2 aromatic carbocycles. The Morgan fingerprint density at radius 3 is 2.47 bits per heavy atom. The number of benzene rings is 2. The van der Waals surface area contributed by atoms with E-state index in [-0.39, 0.29) is 6.04 Å². The number of rotatable bonds is 6. The second-order valence-corrected chi connectivity index (χ2v) is 4.74. The van der Waals surface area contributed by atoms with E-state index in [0.717, 1.165) is 29.9 Å². The summed E-state index contributed by atoms with van der Waals surface area (Å²) in [5, 5.41) is 0. The van der Waals surface area contributed by atoms with Crippen molar-refractivity contribution in [3.63, 3.8) is 0 Å². The Kier molecular flexibility index (Phi) is 4.99. The predicted molar refractivity (Wildman–Crippen MR) is 79.4 cm³/mol. The van der Waals surface area contributed by atoms with Gasteiger partial charge in [-0.05, 0) is 36.2 Å². The van der Waals surface area contributed by atoms with Gasteiger partial charge in [0.25, 0.3) is 0 Å². The zero-order chi connectivity index (χ0) is 13.5. The number of ether oxygens (including phenoxy) is 1. The van der Waals surface area contributed by atoms with Crippen molar-refractivity contribution < 1.29 is 4.74 Å². The van der Waals surface area contributed by atoms with Crippen LogP contribution in [0.2, 0.25) is 0 Å². The third-order valence-corrected chi connectivity index (χ3v) is 3.13. The second-order valence-electron chi connectivity index (χ2n) is 4.74. The SMILES string of the molecule is CCCC[C@H](N)c1cccc(Oc2ccccc2)c1. The van der Waals surface area contributed by atoms with E-state index in [9.17, 15) is 0 Å². The summed E-state index contributed by atoms with van der Waals surface area (Å²) in [5.74, 6) is 1.69. The molecule has 1 atom stereocenters. The van der Waals surface area contributed by atoms with Crippen LogP contribution in [0.4, 0.5) is 0 Å². The van der Waals surface area contributed by atoms with Gasteiger partial charge in [0, 0.05) is 6.04 Å². The number of unbranched alkanes of at least 4 members (excludes halogenated alkanes) is 1. The lowest BCUT2D eigenvalue weighted by Crippen LogP contribution is -2.09. The van der Waals surface area contributed by atoms with Crippen molar-refractivity contribution >= 4 is 0 Å². The average Bonchev–Trinajstić information content (AvgIpc) is 2.46. The van der Waals surface area contributed by atoms with E-state index in [1.165, 1.54) is 6.42 Å². The Morgan fingerprint density at radius 1 is 1.00 bits per heavy atom. The fourth-order valence-corrected chi connectivity index (χ4v) is 2.02. The van der Waals surface area contributed by atoms with Crippen LogP contribution >= 0.6 is 0 Å². The maximum Gasteiger partial charge on any atom is 0.127 e. The molecule has 0 saturated carbocycles. The summed E-state index contributed by atoms with van der Waals surface area (Å²) in [6.07, 6.45) is 3.35. The maximum atomic E-state index is 6.19. The van der Waals surface area contributed by atoms with Gasteiger partial charge >= 0.3 is 0 Å². The van der Waals surface area contributed by atoms with Crippen LogP contribution in [-0.2, 0) is 0 Å². The molecule has 0 saturated heterocycles. The maximum absolute atomic E-state index is 6.19. The molecule has 2 N–H and O–H groups in total. The number of nitrogens with two attached hydrogens (primary N) is 1. The molecule has 2 aromatic rings. The van der Waals surface area contributed by atoms with E-state index in [1.54, 1.807) is 0 Å². The van der Waals surface area contributed by atoms with Crippen molar-refractivity contribution in [1.29, 1.82) is 0 Å². The molecule has 0 fully saturated rings. The Bertz CT molecular complexity index is 496. The van der Waals surface area contributed by atoms with Gasteiger partial charge < -0.3 is 10.5 Å². The molecule has 0 aliphatic carbocycles. The van der Waals surface area contributed by atoms with E-state index in [1.807, 2.05) is 48.5 Å². The molecule has 2 rings (SSSR count). The molecule has 0 spiro atoms. The first-order chi connectivity index (χ1) is 9.29. The minimum Gasteiger partial charge on any atom is -0.457 e. The van der Waals surface area contributed by atoms with Crippen molar-refractivity contribution in [2.75, 3.05) is 0 Å². The van der Waals surface area contributed by atoms with Gasteiger partial charge in [-0.1, -0.05) is 50.1 Å². The molecule has 0 heterocycles. The smallest absolute Gasteiger partial charge is 0.127 e. The molecule has 0 unspecified atom stereocenters. The van der Waals surface area contributed by atoms with Crippen LogP contribution in [0.25, 0.3) is 0 Å². The molecule has 0 aliphatic heterocycles. The molecule has 19 heavy (non-hydrogen) atoms. The van der Waals surface area contributed by atoms with Gasteiger partial charge in [0.05, 0.1) is 0 Å². The van der Waals surface area contributed by atoms with Gasteiger partial charge in [0.15, 0.2) is 0 Å². The van der Waals surface area contributed by atoms with Gasteiger partial charge in [0.2, 0.25) is 0 Å². The Hall–Kier alpha value is -1.80. The van der Waals surface area contributed by atoms with Crippen LogP contribution in [0.1, 0.15) is 37.8 Å². The largest absolute Gasteiger partial charge is 0.457 e. The van der Waals surface area contributed by atoms with Gasteiger partial charge in [-0.25, -0.2) is 0 Å². The zero-order valence-electron chi connectivity index (χ0n) is 11.4. The molecular weight excluding hydrogens is 234 g/mol. The fraction of sp³-hybridized carbons (Fsp3) is 0.294. The average molecular weight is 255 g/mol. The summed E-state index contributed by atoms with van der Waals surface area (Å²) in [7, 11) is 0. The highest BCUT2D eigenvalue weighted by Crippen LogP contribution is 2.25. The molecule has 0 aliphatic rings. The predicted octanol–water partition coefficient (Wildman–Crippen LogP) is 4.67. The summed E-state index contributed by atoms with van der Waals surface area (Å²) in [5.41, 5.74) is 7.33. The summed E-state index contributed by atoms with van der Waals surface area (Å²) in [6, 6.07) is 18.0. The molecule has 0 radical (unpaired) electrons. The van der Waals surface area contributed by atoms with Crippen LogP contribution in [0.5, 0.6) is 11.5 Å². The van der Waals surface area contributed by atoms with Crippen molar-refractivity contribution in [3.05, 3.63) is 60.2 Å². The van der Waals surface area contributed by atoms with Crippen molar-refractivity contribution in [2.45, 2.75) is 32.2 Å². The lowest BCUT2D eigenvalue weighted by Gasteiger charge is -2.13. The van der Waals surface area contributed by atoms with Crippen molar-refractivity contribution in [1.82, 2.24) is 0 Å². The molecular formula is C17H21NO. The van der Waals surface area contributed by atoms with E-state index in [2.05, 4.69) is 13.0 Å². The lowest BCUT2D eigenvalue weighted by molar-refractivity contribution is 0.480. The standard InChI is InChI=1S/C17H21NO/c1-2-3-12-17(18)14-8-7-11-16(13-14)19-15-9-5-4-6-10-15/h4-11,13,17H,2-3,12,18H2,1H3/t17-/m0/s1. The first-order valence-electron chi connectivity index (χ1n) is 6.88. The highest BCUT2D eigenvalue weighted by atomic mass is 16.5. The van der Waals surface area contributed by atoms with Crippen LogP contribution in [0.15, 0.2) is 54.6 Å². The van der Waals surface area contributed by atoms with Crippen molar-refractivity contribution in [2.24, 2.45) is 5.73 Å². The van der Waals surface area contributed by atoms with Crippen LogP contribution < -0.4 is 10.5 Å². The first-order valence-corrected chi connectivity index (χ1v) is 6.88. The summed E-state index contributed by atoms with van der Waals surface area (Å²) < 4.78 is 5.82. The topological polar surface area (TPSA) is 35.2 Å². The van der Waals surface area contributed by atoms with Crippen molar-refractivity contribution in [3.8, 4) is 11.5 Å². The molecule has 0 bridgehead atoms. The van der Waals surface area contributed by atoms with Gasteiger partial charge in [-0.3, -0.25) is 0 Å². The molecule has 100 valence electrons. The first kappa shape index (κ1) is 13.6. The third kappa shape index (κ3) is 4.11. The van der Waals surface area contributed by atoms with E-state index >= 15 is 0 Å². The number of hydrogen-bond acceptors (Lipinski definition) is 2. The fourth-order valence-electron chi connectivity index (χ4n) is 2.02. The van der Waals surface area contributed by atoms with Crippen LogP contribution in [0, 0.1) is 0 Å². The summed E-state index contributed by atoms with van der Waals surface area (Å²) >= 11 is 0. The minimum absolute atomic E-state index is 0.0965. The lowest BCUT2D eigenvalue weighted by atomic mass is 10.0. The molecule has 2 heteroatoms.